The molecule has 82 valence electrons. The van der Waals surface area contributed by atoms with Gasteiger partial charge in [-0.15, -0.1) is 0 Å². The van der Waals surface area contributed by atoms with Crippen LogP contribution in [-0.4, -0.2) is 16.5 Å². The van der Waals surface area contributed by atoms with Crippen LogP contribution in [0.25, 0.3) is 17.0 Å². The molecule has 3 N–H and O–H groups in total. The summed E-state index contributed by atoms with van der Waals surface area (Å²) in [6.45, 7) is 3.65. The maximum absolute atomic E-state index is 9.52. The number of pyridine rings is 1. The fourth-order valence-corrected chi connectivity index (χ4v) is 1.26. The van der Waals surface area contributed by atoms with E-state index in [2.05, 4.69) is 17.3 Å². The van der Waals surface area contributed by atoms with E-state index < -0.39 is 0 Å². The normalized spacial score (nSPS) is 9.00. The molecule has 0 saturated heterocycles. The smallest absolute Gasteiger partial charge is 0.204 e. The molecule has 0 bridgehead atoms. The van der Waals surface area contributed by atoms with Crippen LogP contribution in [0.5, 0.6) is 5.75 Å². The van der Waals surface area contributed by atoms with Crippen LogP contribution in [0, 0.1) is 0 Å². The number of aromatic nitrogens is 1. The number of hydrogen-bond donors (Lipinski definition) is 2. The molecule has 0 aliphatic heterocycles. The van der Waals surface area contributed by atoms with Crippen molar-refractivity contribution in [2.45, 2.75) is 0 Å². The quantitative estimate of drug-likeness (QED) is 0.712. The maximum Gasteiger partial charge on any atom is 0.204 e. The minimum atomic E-state index is 0.250. The van der Waals surface area contributed by atoms with E-state index >= 15 is 0 Å². The summed E-state index contributed by atoms with van der Waals surface area (Å²) in [4.78, 5) is 12.8. The van der Waals surface area contributed by atoms with E-state index in [0.717, 1.165) is 16.5 Å². The van der Waals surface area contributed by atoms with Crippen molar-refractivity contribution in [3.8, 4) is 5.75 Å². The van der Waals surface area contributed by atoms with Crippen molar-refractivity contribution in [3.63, 3.8) is 0 Å². The zero-order valence-corrected chi connectivity index (χ0v) is 8.63. The van der Waals surface area contributed by atoms with Crippen LogP contribution < -0.4 is 5.73 Å². The molecule has 0 atom stereocenters. The number of phenolic OH excluding ortho intramolecular Hbond substituents is 1. The number of benzene rings is 1. The van der Waals surface area contributed by atoms with Crippen molar-refractivity contribution in [3.05, 3.63) is 42.6 Å². The highest BCUT2D eigenvalue weighted by Gasteiger charge is 1.99. The fraction of sp³-hybridized carbons (Fsp3) is 0. The van der Waals surface area contributed by atoms with E-state index in [4.69, 9.17) is 4.79 Å². The highest BCUT2D eigenvalue weighted by molar-refractivity contribution is 5.86. The SMILES string of the molecule is C=Cc1cnc2cccc(O)c2c1.NC=O. The van der Waals surface area contributed by atoms with Gasteiger partial charge in [-0.25, -0.2) is 0 Å². The van der Waals surface area contributed by atoms with Crippen LogP contribution in [0.15, 0.2) is 37.0 Å². The summed E-state index contributed by atoms with van der Waals surface area (Å²) in [6.07, 6.45) is 3.69. The third-order valence-electron chi connectivity index (χ3n) is 1.96. The number of aromatic hydroxyl groups is 1. The largest absolute Gasteiger partial charge is 0.507 e. The topological polar surface area (TPSA) is 76.2 Å². The summed E-state index contributed by atoms with van der Waals surface area (Å²) in [6, 6.07) is 7.15. The van der Waals surface area contributed by atoms with E-state index in [1.165, 1.54) is 0 Å². The van der Waals surface area contributed by atoms with Crippen LogP contribution in [0.1, 0.15) is 5.56 Å². The van der Waals surface area contributed by atoms with E-state index in [1.807, 2.05) is 12.1 Å². The van der Waals surface area contributed by atoms with Gasteiger partial charge in [-0.05, 0) is 23.8 Å². The summed E-state index contributed by atoms with van der Waals surface area (Å²) >= 11 is 0. The molecular weight excluding hydrogens is 204 g/mol. The van der Waals surface area contributed by atoms with Crippen LogP contribution in [-0.2, 0) is 4.79 Å². The number of rotatable bonds is 1. The van der Waals surface area contributed by atoms with Gasteiger partial charge >= 0.3 is 0 Å². The number of hydrogen-bond acceptors (Lipinski definition) is 3. The van der Waals surface area contributed by atoms with Gasteiger partial charge in [0.05, 0.1) is 5.52 Å². The zero-order chi connectivity index (χ0) is 12.0. The molecule has 16 heavy (non-hydrogen) atoms. The number of primary amides is 1. The molecule has 0 saturated carbocycles. The van der Waals surface area contributed by atoms with Gasteiger partial charge in [0.1, 0.15) is 5.75 Å². The Hall–Kier alpha value is -2.36. The third kappa shape index (κ3) is 2.57. The first-order valence-corrected chi connectivity index (χ1v) is 4.58. The predicted molar refractivity (Wildman–Crippen MR) is 63.8 cm³/mol. The molecule has 2 rings (SSSR count). The highest BCUT2D eigenvalue weighted by atomic mass is 16.3. The van der Waals surface area contributed by atoms with Crippen molar-refractivity contribution in [2.24, 2.45) is 5.73 Å². The first-order valence-electron chi connectivity index (χ1n) is 4.58. The van der Waals surface area contributed by atoms with E-state index in [1.54, 1.807) is 24.4 Å². The van der Waals surface area contributed by atoms with Crippen molar-refractivity contribution in [2.75, 3.05) is 0 Å². The Morgan fingerprint density at radius 1 is 1.44 bits per heavy atom. The van der Waals surface area contributed by atoms with Gasteiger partial charge < -0.3 is 10.8 Å². The Balaban J connectivity index is 0.000000386. The van der Waals surface area contributed by atoms with Crippen LogP contribution in [0.2, 0.25) is 0 Å². The zero-order valence-electron chi connectivity index (χ0n) is 8.63. The Bertz CT molecular complexity index is 509. The summed E-state index contributed by atoms with van der Waals surface area (Å²) in [5.74, 6) is 0.258. The Morgan fingerprint density at radius 2 is 2.12 bits per heavy atom. The first-order chi connectivity index (χ1) is 7.72. The number of carbonyl (C=O) groups is 1. The number of fused-ring (bicyclic) bond motifs is 1. The Labute approximate surface area is 93.0 Å². The van der Waals surface area contributed by atoms with Gasteiger partial charge in [0.15, 0.2) is 0 Å². The summed E-state index contributed by atoms with van der Waals surface area (Å²) < 4.78 is 0. The van der Waals surface area contributed by atoms with Crippen LogP contribution >= 0.6 is 0 Å². The number of carbonyl (C=O) groups excluding carboxylic acids is 1. The fourth-order valence-electron chi connectivity index (χ4n) is 1.26. The molecule has 1 heterocycles. The van der Waals surface area contributed by atoms with Crippen LogP contribution in [0.3, 0.4) is 0 Å². The first kappa shape index (κ1) is 11.7. The van der Waals surface area contributed by atoms with E-state index in [0.29, 0.717) is 0 Å². The molecule has 2 aromatic rings. The Kier molecular flexibility index (Phi) is 4.03. The minimum Gasteiger partial charge on any atom is -0.507 e. The van der Waals surface area contributed by atoms with E-state index in [9.17, 15) is 5.11 Å². The van der Waals surface area contributed by atoms with Crippen molar-refractivity contribution in [1.29, 1.82) is 0 Å². The average molecular weight is 216 g/mol. The predicted octanol–water partition coefficient (Wildman–Crippen LogP) is 1.68. The molecule has 1 aromatic carbocycles. The molecule has 4 nitrogen and oxygen atoms in total. The molecule has 0 radical (unpaired) electrons. The molecule has 0 unspecified atom stereocenters. The lowest BCUT2D eigenvalue weighted by Crippen LogP contribution is -1.82. The minimum absolute atomic E-state index is 0.250. The molecule has 1 aromatic heterocycles. The molecular formula is C12H12N2O2. The standard InChI is InChI=1S/C11H9NO.CH3NO/c1-2-8-6-9-10(12-7-8)4-3-5-11(9)13;2-1-3/h2-7,13H,1H2;1H,(H2,2,3). The second-order valence-corrected chi connectivity index (χ2v) is 2.95. The number of nitrogens with zero attached hydrogens (tertiary/aromatic N) is 1. The van der Waals surface area contributed by atoms with Crippen molar-refractivity contribution in [1.82, 2.24) is 4.98 Å². The van der Waals surface area contributed by atoms with Gasteiger partial charge in [-0.1, -0.05) is 18.7 Å². The second-order valence-electron chi connectivity index (χ2n) is 2.95. The number of phenols is 1. The Morgan fingerprint density at radius 3 is 2.75 bits per heavy atom. The lowest BCUT2D eigenvalue weighted by atomic mass is 10.1. The van der Waals surface area contributed by atoms with Crippen LogP contribution in [0.4, 0.5) is 0 Å². The second kappa shape index (κ2) is 5.50. The van der Waals surface area contributed by atoms with Gasteiger partial charge in [0, 0.05) is 11.6 Å². The van der Waals surface area contributed by atoms with Gasteiger partial charge in [0.2, 0.25) is 6.41 Å². The maximum atomic E-state index is 9.52. The molecule has 0 aliphatic rings. The van der Waals surface area contributed by atoms with Crippen molar-refractivity contribution >= 4 is 23.4 Å². The average Bonchev–Trinajstić information content (AvgIpc) is 2.30. The number of nitrogens with two attached hydrogens (primary N) is 1. The lowest BCUT2D eigenvalue weighted by molar-refractivity contribution is -0.106. The number of amides is 1. The highest BCUT2D eigenvalue weighted by Crippen LogP contribution is 2.23. The molecule has 0 fully saturated rings. The third-order valence-corrected chi connectivity index (χ3v) is 1.96. The van der Waals surface area contributed by atoms with Gasteiger partial charge in [-0.3, -0.25) is 9.78 Å². The molecule has 0 spiro atoms. The lowest BCUT2D eigenvalue weighted by Gasteiger charge is -2.00. The van der Waals surface area contributed by atoms with Gasteiger partial charge in [-0.2, -0.15) is 0 Å². The monoisotopic (exact) mass is 216 g/mol. The molecule has 4 heteroatoms. The summed E-state index contributed by atoms with van der Waals surface area (Å²) in [5, 5.41) is 10.3. The summed E-state index contributed by atoms with van der Waals surface area (Å²) in [5.41, 5.74) is 5.87. The van der Waals surface area contributed by atoms with E-state index in [-0.39, 0.29) is 12.2 Å². The summed E-state index contributed by atoms with van der Waals surface area (Å²) in [7, 11) is 0. The van der Waals surface area contributed by atoms with Crippen molar-refractivity contribution < 1.29 is 9.90 Å². The molecule has 1 amide bonds. The van der Waals surface area contributed by atoms with Gasteiger partial charge in [0.25, 0.3) is 0 Å². The molecule has 0 aliphatic carbocycles.